The Morgan fingerprint density at radius 1 is 1.19 bits per heavy atom. The van der Waals surface area contributed by atoms with Crippen LogP contribution in [0.1, 0.15) is 29.3 Å². The van der Waals surface area contributed by atoms with Crippen molar-refractivity contribution in [2.24, 2.45) is 0 Å². The third-order valence-electron chi connectivity index (χ3n) is 3.07. The molecule has 0 saturated carbocycles. The predicted octanol–water partition coefficient (Wildman–Crippen LogP) is 2.93. The van der Waals surface area contributed by atoms with E-state index in [0.29, 0.717) is 23.0 Å². The summed E-state index contributed by atoms with van der Waals surface area (Å²) in [5.41, 5.74) is 0. The molecule has 0 spiro atoms. The Bertz CT molecular complexity index is 660. The van der Waals surface area contributed by atoms with Crippen molar-refractivity contribution in [2.75, 3.05) is 13.9 Å². The second-order valence-corrected chi connectivity index (χ2v) is 4.47. The van der Waals surface area contributed by atoms with Crippen molar-refractivity contribution in [3.8, 4) is 17.2 Å². The average molecular weight is 290 g/mol. The highest BCUT2D eigenvalue weighted by atomic mass is 16.7. The molecule has 3 rings (SSSR count). The van der Waals surface area contributed by atoms with Crippen LogP contribution in [-0.2, 0) is 4.74 Å². The van der Waals surface area contributed by atoms with Gasteiger partial charge in [-0.05, 0) is 31.2 Å². The zero-order valence-electron chi connectivity index (χ0n) is 11.6. The molecule has 2 heterocycles. The second-order valence-electron chi connectivity index (χ2n) is 4.47. The maximum absolute atomic E-state index is 11.3. The first-order chi connectivity index (χ1) is 10.2. The molecule has 1 aromatic heterocycles. The quantitative estimate of drug-likeness (QED) is 0.806. The SMILES string of the molecule is COC(=O)c1ccc(C(C)Oc2ccc3c(c2)OCO3)o1. The Labute approximate surface area is 121 Å². The van der Waals surface area contributed by atoms with Crippen molar-refractivity contribution in [1.82, 2.24) is 0 Å². The van der Waals surface area contributed by atoms with Crippen LogP contribution in [0.15, 0.2) is 34.7 Å². The molecule has 0 N–H and O–H groups in total. The van der Waals surface area contributed by atoms with Gasteiger partial charge in [0.05, 0.1) is 7.11 Å². The van der Waals surface area contributed by atoms with Crippen LogP contribution in [0.2, 0.25) is 0 Å². The Kier molecular flexibility index (Phi) is 3.43. The largest absolute Gasteiger partial charge is 0.483 e. The smallest absolute Gasteiger partial charge is 0.373 e. The Morgan fingerprint density at radius 3 is 2.81 bits per heavy atom. The number of carbonyl (C=O) groups is 1. The van der Waals surface area contributed by atoms with Crippen LogP contribution in [0, 0.1) is 0 Å². The summed E-state index contributed by atoms with van der Waals surface area (Å²) in [5, 5.41) is 0. The number of esters is 1. The van der Waals surface area contributed by atoms with Crippen molar-refractivity contribution in [3.63, 3.8) is 0 Å². The number of ether oxygens (including phenoxy) is 4. The lowest BCUT2D eigenvalue weighted by Crippen LogP contribution is -2.02. The van der Waals surface area contributed by atoms with Crippen LogP contribution >= 0.6 is 0 Å². The van der Waals surface area contributed by atoms with E-state index in [1.165, 1.54) is 7.11 Å². The highest BCUT2D eigenvalue weighted by Gasteiger charge is 2.18. The maximum Gasteiger partial charge on any atom is 0.373 e. The van der Waals surface area contributed by atoms with Gasteiger partial charge in [0.25, 0.3) is 0 Å². The second kappa shape index (κ2) is 5.40. The number of benzene rings is 1. The highest BCUT2D eigenvalue weighted by Crippen LogP contribution is 2.36. The van der Waals surface area contributed by atoms with Gasteiger partial charge < -0.3 is 23.4 Å². The number of carbonyl (C=O) groups excluding carboxylic acids is 1. The van der Waals surface area contributed by atoms with Crippen LogP contribution in [0.5, 0.6) is 17.2 Å². The molecule has 1 aromatic carbocycles. The van der Waals surface area contributed by atoms with Gasteiger partial charge in [0.1, 0.15) is 11.5 Å². The molecule has 6 heteroatoms. The molecule has 0 amide bonds. The van der Waals surface area contributed by atoms with E-state index in [2.05, 4.69) is 4.74 Å². The third kappa shape index (κ3) is 2.65. The van der Waals surface area contributed by atoms with Gasteiger partial charge in [0.15, 0.2) is 17.6 Å². The number of fused-ring (bicyclic) bond motifs is 1. The predicted molar refractivity (Wildman–Crippen MR) is 71.7 cm³/mol. The Balaban J connectivity index is 1.72. The van der Waals surface area contributed by atoms with Crippen LogP contribution in [0.25, 0.3) is 0 Å². The van der Waals surface area contributed by atoms with Crippen LogP contribution in [-0.4, -0.2) is 19.9 Å². The Morgan fingerprint density at radius 2 is 2.00 bits per heavy atom. The van der Waals surface area contributed by atoms with Gasteiger partial charge >= 0.3 is 5.97 Å². The summed E-state index contributed by atoms with van der Waals surface area (Å²) in [4.78, 5) is 11.3. The standard InChI is InChI=1S/C15H14O6/c1-9(11-5-6-13(21-11)15(16)17-2)20-10-3-4-12-14(7-10)19-8-18-12/h3-7,9H,8H2,1-2H3. The van der Waals surface area contributed by atoms with E-state index in [0.717, 1.165) is 0 Å². The van der Waals surface area contributed by atoms with Crippen molar-refractivity contribution < 1.29 is 28.2 Å². The molecular formula is C15H14O6. The Hall–Kier alpha value is -2.63. The fourth-order valence-corrected chi connectivity index (χ4v) is 1.99. The summed E-state index contributed by atoms with van der Waals surface area (Å²) in [6.45, 7) is 2.04. The minimum absolute atomic E-state index is 0.147. The van der Waals surface area contributed by atoms with E-state index in [1.54, 1.807) is 30.3 Å². The summed E-state index contributed by atoms with van der Waals surface area (Å²) < 4.78 is 26.3. The van der Waals surface area contributed by atoms with Gasteiger partial charge in [-0.1, -0.05) is 0 Å². The zero-order chi connectivity index (χ0) is 14.8. The molecule has 110 valence electrons. The molecule has 0 fully saturated rings. The van der Waals surface area contributed by atoms with Crippen molar-refractivity contribution >= 4 is 5.97 Å². The van der Waals surface area contributed by atoms with Crippen molar-refractivity contribution in [1.29, 1.82) is 0 Å². The third-order valence-corrected chi connectivity index (χ3v) is 3.07. The fraction of sp³-hybridized carbons (Fsp3) is 0.267. The molecule has 1 unspecified atom stereocenters. The van der Waals surface area contributed by atoms with E-state index in [9.17, 15) is 4.79 Å². The topological polar surface area (TPSA) is 67.1 Å². The van der Waals surface area contributed by atoms with Crippen LogP contribution in [0.3, 0.4) is 0 Å². The van der Waals surface area contributed by atoms with Crippen LogP contribution in [0.4, 0.5) is 0 Å². The first-order valence-electron chi connectivity index (χ1n) is 6.41. The fourth-order valence-electron chi connectivity index (χ4n) is 1.99. The number of hydrogen-bond donors (Lipinski definition) is 0. The molecule has 1 atom stereocenters. The molecular weight excluding hydrogens is 276 g/mol. The van der Waals surface area contributed by atoms with Gasteiger partial charge in [-0.2, -0.15) is 0 Å². The van der Waals surface area contributed by atoms with E-state index < -0.39 is 5.97 Å². The molecule has 0 saturated heterocycles. The van der Waals surface area contributed by atoms with Gasteiger partial charge in [-0.25, -0.2) is 4.79 Å². The number of rotatable bonds is 4. The first kappa shape index (κ1) is 13.4. The molecule has 2 aromatic rings. The minimum atomic E-state index is -0.517. The minimum Gasteiger partial charge on any atom is -0.483 e. The van der Waals surface area contributed by atoms with Gasteiger partial charge in [-0.3, -0.25) is 0 Å². The lowest BCUT2D eigenvalue weighted by molar-refractivity contribution is 0.0558. The lowest BCUT2D eigenvalue weighted by Gasteiger charge is -2.12. The first-order valence-corrected chi connectivity index (χ1v) is 6.41. The maximum atomic E-state index is 11.3. The molecule has 21 heavy (non-hydrogen) atoms. The molecule has 0 bridgehead atoms. The molecule has 0 radical (unpaired) electrons. The van der Waals surface area contributed by atoms with E-state index in [4.69, 9.17) is 18.6 Å². The molecule has 1 aliphatic heterocycles. The summed E-state index contributed by atoms with van der Waals surface area (Å²) in [7, 11) is 1.30. The van der Waals surface area contributed by atoms with Crippen molar-refractivity contribution in [2.45, 2.75) is 13.0 Å². The number of methoxy groups -OCH3 is 1. The van der Waals surface area contributed by atoms with E-state index >= 15 is 0 Å². The summed E-state index contributed by atoms with van der Waals surface area (Å²) >= 11 is 0. The monoisotopic (exact) mass is 290 g/mol. The van der Waals surface area contributed by atoms with Crippen LogP contribution < -0.4 is 14.2 Å². The lowest BCUT2D eigenvalue weighted by atomic mass is 10.2. The molecule has 6 nitrogen and oxygen atoms in total. The summed E-state index contributed by atoms with van der Waals surface area (Å²) in [5.74, 6) is 2.14. The summed E-state index contributed by atoms with van der Waals surface area (Å²) in [6, 6.07) is 8.56. The number of furan rings is 1. The van der Waals surface area contributed by atoms with Gasteiger partial charge in [0, 0.05) is 6.07 Å². The summed E-state index contributed by atoms with van der Waals surface area (Å²) in [6.07, 6.45) is -0.358. The molecule has 0 aliphatic carbocycles. The van der Waals surface area contributed by atoms with E-state index in [1.807, 2.05) is 6.92 Å². The highest BCUT2D eigenvalue weighted by molar-refractivity contribution is 5.86. The average Bonchev–Trinajstić information content (AvgIpc) is 3.14. The van der Waals surface area contributed by atoms with Crippen molar-refractivity contribution in [3.05, 3.63) is 41.9 Å². The zero-order valence-corrected chi connectivity index (χ0v) is 11.6. The molecule has 1 aliphatic rings. The normalized spacial score (nSPS) is 13.8. The van der Waals surface area contributed by atoms with Gasteiger partial charge in [-0.15, -0.1) is 0 Å². The van der Waals surface area contributed by atoms with Gasteiger partial charge in [0.2, 0.25) is 12.6 Å². The van der Waals surface area contributed by atoms with E-state index in [-0.39, 0.29) is 18.7 Å². The number of hydrogen-bond acceptors (Lipinski definition) is 6.